The lowest BCUT2D eigenvalue weighted by Crippen LogP contribution is -2.37. The Bertz CT molecular complexity index is 672. The van der Waals surface area contributed by atoms with Gasteiger partial charge in [0.05, 0.1) is 6.54 Å². The molecule has 27 heavy (non-hydrogen) atoms. The maximum Gasteiger partial charge on any atom is 0.387 e. The first-order chi connectivity index (χ1) is 12.6. The quantitative estimate of drug-likeness (QED) is 0.644. The summed E-state index contributed by atoms with van der Waals surface area (Å²) in [7, 11) is 0. The molecular weight excluding hydrogens is 376 g/mol. The van der Waals surface area contributed by atoms with E-state index in [0.29, 0.717) is 18.8 Å². The standard InChI is InChI=1S/C19H23F2N3O2.ClH/c20-19(21)26-17-8-6-16(7-9-17)23-18(25)14-24(13-11-22)12-10-15-4-2-1-3-5-15;/h1-9,19H,10-14,22H2,(H,23,25);1H. The minimum absolute atomic E-state index is 0. The largest absolute Gasteiger partial charge is 0.435 e. The molecule has 0 bridgehead atoms. The Hall–Kier alpha value is -2.22. The predicted octanol–water partition coefficient (Wildman–Crippen LogP) is 3.15. The molecule has 8 heteroatoms. The smallest absolute Gasteiger partial charge is 0.387 e. The van der Waals surface area contributed by atoms with E-state index in [4.69, 9.17) is 5.73 Å². The lowest BCUT2D eigenvalue weighted by molar-refractivity contribution is -0.117. The van der Waals surface area contributed by atoms with Gasteiger partial charge in [-0.1, -0.05) is 30.3 Å². The normalized spacial score (nSPS) is 10.6. The number of ether oxygens (including phenoxy) is 1. The molecule has 0 atom stereocenters. The molecule has 0 aromatic heterocycles. The van der Waals surface area contributed by atoms with Crippen LogP contribution in [0.5, 0.6) is 5.75 Å². The summed E-state index contributed by atoms with van der Waals surface area (Å²) in [5.74, 6) is -0.139. The molecular formula is C19H24ClF2N3O2. The van der Waals surface area contributed by atoms with Crippen molar-refractivity contribution < 1.29 is 18.3 Å². The number of hydrogen-bond donors (Lipinski definition) is 2. The van der Waals surface area contributed by atoms with Gasteiger partial charge < -0.3 is 15.8 Å². The molecule has 0 unspecified atom stereocenters. The van der Waals surface area contributed by atoms with Gasteiger partial charge in [0.1, 0.15) is 5.75 Å². The zero-order chi connectivity index (χ0) is 18.8. The van der Waals surface area contributed by atoms with Crippen LogP contribution >= 0.6 is 12.4 Å². The van der Waals surface area contributed by atoms with Gasteiger partial charge in [-0.15, -0.1) is 12.4 Å². The van der Waals surface area contributed by atoms with Crippen LogP contribution in [0.15, 0.2) is 54.6 Å². The van der Waals surface area contributed by atoms with E-state index in [1.165, 1.54) is 29.8 Å². The maximum absolute atomic E-state index is 12.2. The molecule has 5 nitrogen and oxygen atoms in total. The fourth-order valence-electron chi connectivity index (χ4n) is 2.51. The number of rotatable bonds is 10. The van der Waals surface area contributed by atoms with Crippen LogP contribution in [0.2, 0.25) is 0 Å². The van der Waals surface area contributed by atoms with Crippen LogP contribution in [0, 0.1) is 0 Å². The van der Waals surface area contributed by atoms with Crippen molar-refractivity contribution in [3.63, 3.8) is 0 Å². The number of benzene rings is 2. The van der Waals surface area contributed by atoms with Crippen LogP contribution in [-0.2, 0) is 11.2 Å². The van der Waals surface area contributed by atoms with Crippen molar-refractivity contribution in [1.82, 2.24) is 4.90 Å². The Labute approximate surface area is 163 Å². The van der Waals surface area contributed by atoms with Gasteiger partial charge in [-0.3, -0.25) is 9.69 Å². The minimum atomic E-state index is -2.87. The molecule has 0 aliphatic carbocycles. The number of hydrogen-bond acceptors (Lipinski definition) is 4. The SMILES string of the molecule is Cl.NCCN(CCc1ccccc1)CC(=O)Nc1ccc(OC(F)F)cc1. The molecule has 0 heterocycles. The number of amides is 1. The van der Waals surface area contributed by atoms with Crippen LogP contribution in [0.1, 0.15) is 5.56 Å². The number of nitrogens with zero attached hydrogens (tertiary/aromatic N) is 1. The summed E-state index contributed by atoms with van der Waals surface area (Å²) in [6, 6.07) is 15.8. The summed E-state index contributed by atoms with van der Waals surface area (Å²) < 4.78 is 28.5. The lowest BCUT2D eigenvalue weighted by Gasteiger charge is -2.21. The molecule has 2 rings (SSSR count). The summed E-state index contributed by atoms with van der Waals surface area (Å²) in [6.07, 6.45) is 0.827. The monoisotopic (exact) mass is 399 g/mol. The van der Waals surface area contributed by atoms with E-state index in [0.717, 1.165) is 13.0 Å². The second-order valence-electron chi connectivity index (χ2n) is 5.75. The molecule has 0 saturated carbocycles. The van der Waals surface area contributed by atoms with Crippen LogP contribution in [0.25, 0.3) is 0 Å². The highest BCUT2D eigenvalue weighted by atomic mass is 35.5. The van der Waals surface area contributed by atoms with Crippen molar-refractivity contribution in [3.05, 3.63) is 60.2 Å². The van der Waals surface area contributed by atoms with E-state index in [1.807, 2.05) is 35.2 Å². The van der Waals surface area contributed by atoms with Gasteiger partial charge in [-0.25, -0.2) is 0 Å². The predicted molar refractivity (Wildman–Crippen MR) is 105 cm³/mol. The number of anilines is 1. The third kappa shape index (κ3) is 8.81. The average molecular weight is 400 g/mol. The molecule has 0 radical (unpaired) electrons. The Morgan fingerprint density at radius 1 is 1.07 bits per heavy atom. The van der Waals surface area contributed by atoms with Gasteiger partial charge in [0.2, 0.25) is 5.91 Å². The Morgan fingerprint density at radius 2 is 1.74 bits per heavy atom. The van der Waals surface area contributed by atoms with Gasteiger partial charge in [-0.05, 0) is 36.2 Å². The van der Waals surface area contributed by atoms with Gasteiger partial charge >= 0.3 is 6.61 Å². The van der Waals surface area contributed by atoms with Crippen molar-refractivity contribution in [1.29, 1.82) is 0 Å². The first kappa shape index (κ1) is 22.8. The Kier molecular flexibility index (Phi) is 10.3. The molecule has 0 saturated heterocycles. The average Bonchev–Trinajstić information content (AvgIpc) is 2.62. The van der Waals surface area contributed by atoms with Crippen molar-refractivity contribution >= 4 is 24.0 Å². The fraction of sp³-hybridized carbons (Fsp3) is 0.316. The highest BCUT2D eigenvalue weighted by molar-refractivity contribution is 5.92. The van der Waals surface area contributed by atoms with Crippen molar-refractivity contribution in [3.8, 4) is 5.75 Å². The topological polar surface area (TPSA) is 67.6 Å². The summed E-state index contributed by atoms with van der Waals surface area (Å²) >= 11 is 0. The molecule has 3 N–H and O–H groups in total. The molecule has 148 valence electrons. The minimum Gasteiger partial charge on any atom is -0.435 e. The van der Waals surface area contributed by atoms with Gasteiger partial charge in [0, 0.05) is 25.3 Å². The summed E-state index contributed by atoms with van der Waals surface area (Å²) in [5, 5.41) is 2.75. The van der Waals surface area contributed by atoms with Crippen LogP contribution in [0.4, 0.5) is 14.5 Å². The van der Waals surface area contributed by atoms with Gasteiger partial charge in [0.25, 0.3) is 0 Å². The van der Waals surface area contributed by atoms with Crippen LogP contribution in [-0.4, -0.2) is 43.6 Å². The maximum atomic E-state index is 12.2. The molecule has 2 aromatic carbocycles. The highest BCUT2D eigenvalue weighted by Crippen LogP contribution is 2.17. The van der Waals surface area contributed by atoms with E-state index >= 15 is 0 Å². The first-order valence-electron chi connectivity index (χ1n) is 8.38. The van der Waals surface area contributed by atoms with E-state index in [2.05, 4.69) is 10.1 Å². The van der Waals surface area contributed by atoms with Crippen LogP contribution < -0.4 is 15.8 Å². The molecule has 2 aromatic rings. The van der Waals surface area contributed by atoms with Crippen molar-refractivity contribution in [2.24, 2.45) is 5.73 Å². The number of carbonyl (C=O) groups excluding carboxylic acids is 1. The second kappa shape index (κ2) is 12.2. The van der Waals surface area contributed by atoms with E-state index < -0.39 is 6.61 Å². The molecule has 0 aliphatic rings. The van der Waals surface area contributed by atoms with E-state index in [9.17, 15) is 13.6 Å². The summed E-state index contributed by atoms with van der Waals surface area (Å²) in [5.41, 5.74) is 7.35. The number of nitrogens with two attached hydrogens (primary N) is 1. The summed E-state index contributed by atoms with van der Waals surface area (Å²) in [4.78, 5) is 14.2. The third-order valence-electron chi connectivity index (χ3n) is 3.74. The van der Waals surface area contributed by atoms with E-state index in [1.54, 1.807) is 0 Å². The number of carbonyl (C=O) groups is 1. The second-order valence-corrected chi connectivity index (χ2v) is 5.75. The first-order valence-corrected chi connectivity index (χ1v) is 8.38. The fourth-order valence-corrected chi connectivity index (χ4v) is 2.51. The zero-order valence-corrected chi connectivity index (χ0v) is 15.6. The van der Waals surface area contributed by atoms with E-state index in [-0.39, 0.29) is 30.6 Å². The van der Waals surface area contributed by atoms with Gasteiger partial charge in [0.15, 0.2) is 0 Å². The molecule has 1 amide bonds. The van der Waals surface area contributed by atoms with Crippen LogP contribution in [0.3, 0.4) is 0 Å². The molecule has 0 fully saturated rings. The molecule has 0 aliphatic heterocycles. The van der Waals surface area contributed by atoms with Crippen molar-refractivity contribution in [2.45, 2.75) is 13.0 Å². The highest BCUT2D eigenvalue weighted by Gasteiger charge is 2.11. The van der Waals surface area contributed by atoms with Crippen molar-refractivity contribution in [2.75, 3.05) is 31.5 Å². The number of nitrogens with one attached hydrogen (secondary N) is 1. The number of alkyl halides is 2. The third-order valence-corrected chi connectivity index (χ3v) is 3.74. The zero-order valence-electron chi connectivity index (χ0n) is 14.8. The Morgan fingerprint density at radius 3 is 2.33 bits per heavy atom. The number of halogens is 3. The Balaban J connectivity index is 0.00000364. The summed E-state index contributed by atoms with van der Waals surface area (Å²) in [6.45, 7) is -0.872. The van der Waals surface area contributed by atoms with Gasteiger partial charge in [-0.2, -0.15) is 8.78 Å². The lowest BCUT2D eigenvalue weighted by atomic mass is 10.1. The molecule has 0 spiro atoms.